The maximum Gasteiger partial charge on any atom is 0.235 e. The Morgan fingerprint density at radius 2 is 1.77 bits per heavy atom. The summed E-state index contributed by atoms with van der Waals surface area (Å²) in [6.07, 6.45) is 5.07. The van der Waals surface area contributed by atoms with E-state index in [0.717, 1.165) is 31.2 Å². The van der Waals surface area contributed by atoms with Gasteiger partial charge < -0.3 is 9.47 Å². The first-order valence-electron chi connectivity index (χ1n) is 7.69. The van der Waals surface area contributed by atoms with E-state index < -0.39 is 11.2 Å². The van der Waals surface area contributed by atoms with Gasteiger partial charge in [-0.05, 0) is 49.9 Å². The summed E-state index contributed by atoms with van der Waals surface area (Å²) in [6, 6.07) is 3.50. The molecule has 118 valence electrons. The Hall–Kier alpha value is -1.87. The SMILES string of the molecule is CC(C)(F)c1cc2c(cc1C1(N=C=O)CCCC1)OCCO2. The van der Waals surface area contributed by atoms with Crippen molar-refractivity contribution in [1.82, 2.24) is 0 Å². The lowest BCUT2D eigenvalue weighted by atomic mass is 9.81. The van der Waals surface area contributed by atoms with Gasteiger partial charge in [-0.2, -0.15) is 4.99 Å². The van der Waals surface area contributed by atoms with Gasteiger partial charge in [-0.15, -0.1) is 0 Å². The maximum atomic E-state index is 14.8. The molecular formula is C17H20FNO3. The third kappa shape index (κ3) is 2.50. The van der Waals surface area contributed by atoms with Gasteiger partial charge in [0.25, 0.3) is 0 Å². The molecule has 0 N–H and O–H groups in total. The normalized spacial score (nSPS) is 19.6. The van der Waals surface area contributed by atoms with Crippen LogP contribution in [0.5, 0.6) is 11.5 Å². The Labute approximate surface area is 129 Å². The molecule has 3 rings (SSSR count). The van der Waals surface area contributed by atoms with E-state index >= 15 is 0 Å². The van der Waals surface area contributed by atoms with Crippen LogP contribution in [0.4, 0.5) is 4.39 Å². The van der Waals surface area contributed by atoms with Gasteiger partial charge in [-0.25, -0.2) is 9.18 Å². The molecule has 0 amide bonds. The molecule has 4 nitrogen and oxygen atoms in total. The van der Waals surface area contributed by atoms with Crippen molar-refractivity contribution in [3.05, 3.63) is 23.3 Å². The predicted octanol–water partition coefficient (Wildman–Crippen LogP) is 3.77. The Kier molecular flexibility index (Phi) is 3.69. The highest BCUT2D eigenvalue weighted by Crippen LogP contribution is 2.49. The van der Waals surface area contributed by atoms with Crippen LogP contribution < -0.4 is 9.47 Å². The van der Waals surface area contributed by atoms with Crippen molar-refractivity contribution in [2.45, 2.75) is 50.7 Å². The summed E-state index contributed by atoms with van der Waals surface area (Å²) in [5, 5.41) is 0. The van der Waals surface area contributed by atoms with Crippen molar-refractivity contribution in [3.63, 3.8) is 0 Å². The van der Waals surface area contributed by atoms with E-state index in [1.165, 1.54) is 13.8 Å². The van der Waals surface area contributed by atoms with Gasteiger partial charge in [-0.1, -0.05) is 12.8 Å². The minimum atomic E-state index is -1.56. The first-order valence-corrected chi connectivity index (χ1v) is 7.69. The first-order chi connectivity index (χ1) is 10.5. The van der Waals surface area contributed by atoms with Crippen LogP contribution >= 0.6 is 0 Å². The third-order valence-electron chi connectivity index (χ3n) is 4.51. The van der Waals surface area contributed by atoms with E-state index in [1.54, 1.807) is 18.2 Å². The van der Waals surface area contributed by atoms with Crippen molar-refractivity contribution in [1.29, 1.82) is 0 Å². The number of nitrogens with zero attached hydrogens (tertiary/aromatic N) is 1. The number of hydrogen-bond acceptors (Lipinski definition) is 4. The molecule has 0 unspecified atom stereocenters. The van der Waals surface area contributed by atoms with E-state index in [-0.39, 0.29) is 0 Å². The number of aliphatic imine (C=N–C) groups is 1. The van der Waals surface area contributed by atoms with Gasteiger partial charge in [0.05, 0.1) is 5.54 Å². The van der Waals surface area contributed by atoms with Gasteiger partial charge in [-0.3, -0.25) is 0 Å². The molecule has 1 heterocycles. The summed E-state index contributed by atoms with van der Waals surface area (Å²) in [6.45, 7) is 3.94. The molecule has 1 aromatic carbocycles. The number of rotatable bonds is 3. The molecule has 0 bridgehead atoms. The Bertz CT molecular complexity index is 624. The molecule has 1 aliphatic heterocycles. The molecule has 0 atom stereocenters. The zero-order chi connectivity index (χ0) is 15.8. The second-order valence-electron chi connectivity index (χ2n) is 6.46. The summed E-state index contributed by atoms with van der Waals surface area (Å²) in [7, 11) is 0. The fraction of sp³-hybridized carbons (Fsp3) is 0.588. The topological polar surface area (TPSA) is 47.9 Å². The number of fused-ring (bicyclic) bond motifs is 1. The second-order valence-corrected chi connectivity index (χ2v) is 6.46. The number of carbonyl (C=O) groups excluding carboxylic acids is 1. The Morgan fingerprint density at radius 1 is 1.18 bits per heavy atom. The van der Waals surface area contributed by atoms with Crippen LogP contribution in [0.15, 0.2) is 17.1 Å². The highest BCUT2D eigenvalue weighted by Gasteiger charge is 2.41. The first kappa shape index (κ1) is 15.0. The minimum Gasteiger partial charge on any atom is -0.486 e. The molecule has 0 aromatic heterocycles. The largest absolute Gasteiger partial charge is 0.486 e. The van der Waals surface area contributed by atoms with E-state index in [0.29, 0.717) is 30.3 Å². The summed E-state index contributed by atoms with van der Waals surface area (Å²) in [4.78, 5) is 15.0. The van der Waals surface area contributed by atoms with Gasteiger partial charge in [0, 0.05) is 0 Å². The van der Waals surface area contributed by atoms with Crippen LogP contribution in [0, 0.1) is 0 Å². The molecule has 1 saturated carbocycles. The number of ether oxygens (including phenoxy) is 2. The van der Waals surface area contributed by atoms with Crippen LogP contribution in [-0.4, -0.2) is 19.3 Å². The van der Waals surface area contributed by atoms with Crippen molar-refractivity contribution >= 4 is 6.08 Å². The third-order valence-corrected chi connectivity index (χ3v) is 4.51. The van der Waals surface area contributed by atoms with E-state index in [9.17, 15) is 9.18 Å². The molecule has 0 radical (unpaired) electrons. The number of alkyl halides is 1. The minimum absolute atomic E-state index is 0.454. The number of hydrogen-bond donors (Lipinski definition) is 0. The maximum absolute atomic E-state index is 14.8. The number of benzene rings is 1. The second kappa shape index (κ2) is 5.40. The monoisotopic (exact) mass is 305 g/mol. The summed E-state index contributed by atoms with van der Waals surface area (Å²) >= 11 is 0. The molecule has 0 spiro atoms. The molecular weight excluding hydrogens is 285 g/mol. The summed E-state index contributed by atoms with van der Waals surface area (Å²) in [5.41, 5.74) is -1.00. The van der Waals surface area contributed by atoms with Crippen LogP contribution in [0.2, 0.25) is 0 Å². The van der Waals surface area contributed by atoms with Crippen molar-refractivity contribution in [2.75, 3.05) is 13.2 Å². The van der Waals surface area contributed by atoms with Gasteiger partial charge in [0.1, 0.15) is 18.9 Å². The van der Waals surface area contributed by atoms with Crippen LogP contribution in [0.1, 0.15) is 50.7 Å². The average Bonchev–Trinajstić information content (AvgIpc) is 2.95. The molecule has 1 aromatic rings. The van der Waals surface area contributed by atoms with Gasteiger partial charge in [0.2, 0.25) is 6.08 Å². The molecule has 1 fully saturated rings. The smallest absolute Gasteiger partial charge is 0.235 e. The zero-order valence-electron chi connectivity index (χ0n) is 12.9. The Balaban J connectivity index is 2.22. The molecule has 2 aliphatic rings. The Morgan fingerprint density at radius 3 is 2.32 bits per heavy atom. The van der Waals surface area contributed by atoms with Crippen molar-refractivity contribution in [2.24, 2.45) is 4.99 Å². The van der Waals surface area contributed by atoms with Crippen molar-refractivity contribution < 1.29 is 18.7 Å². The summed E-state index contributed by atoms with van der Waals surface area (Å²) in [5.74, 6) is 1.15. The zero-order valence-corrected chi connectivity index (χ0v) is 12.9. The lowest BCUT2D eigenvalue weighted by molar-refractivity contribution is 0.167. The highest BCUT2D eigenvalue weighted by molar-refractivity contribution is 5.53. The van der Waals surface area contributed by atoms with Crippen LogP contribution in [-0.2, 0) is 16.0 Å². The lowest BCUT2D eigenvalue weighted by Gasteiger charge is -2.31. The molecule has 1 aliphatic carbocycles. The average molecular weight is 305 g/mol. The van der Waals surface area contributed by atoms with Crippen LogP contribution in [0.3, 0.4) is 0 Å². The van der Waals surface area contributed by atoms with Gasteiger partial charge in [0.15, 0.2) is 11.5 Å². The van der Waals surface area contributed by atoms with E-state index in [2.05, 4.69) is 4.99 Å². The van der Waals surface area contributed by atoms with Crippen LogP contribution in [0.25, 0.3) is 0 Å². The molecule has 5 heteroatoms. The fourth-order valence-electron chi connectivity index (χ4n) is 3.45. The van der Waals surface area contributed by atoms with Gasteiger partial charge >= 0.3 is 0 Å². The quantitative estimate of drug-likeness (QED) is 0.631. The van der Waals surface area contributed by atoms with E-state index in [4.69, 9.17) is 9.47 Å². The standard InChI is InChI=1S/C17H20FNO3/c1-16(2,18)12-9-14-15(22-8-7-21-14)10-13(12)17(19-11-20)5-3-4-6-17/h9-10H,3-8H2,1-2H3. The lowest BCUT2D eigenvalue weighted by Crippen LogP contribution is -2.26. The number of halogens is 1. The molecule has 0 saturated heterocycles. The molecule has 22 heavy (non-hydrogen) atoms. The summed E-state index contributed by atoms with van der Waals surface area (Å²) < 4.78 is 26.0. The number of isocyanates is 1. The van der Waals surface area contributed by atoms with E-state index in [1.807, 2.05) is 0 Å². The predicted molar refractivity (Wildman–Crippen MR) is 79.8 cm³/mol. The van der Waals surface area contributed by atoms with Crippen molar-refractivity contribution in [3.8, 4) is 11.5 Å². The highest BCUT2D eigenvalue weighted by atomic mass is 19.1. The fourth-order valence-corrected chi connectivity index (χ4v) is 3.45.